The van der Waals surface area contributed by atoms with Gasteiger partial charge >= 0.3 is 5.97 Å². The number of rotatable bonds is 5. The third-order valence-corrected chi connectivity index (χ3v) is 11.3. The van der Waals surface area contributed by atoms with Crippen LogP contribution >= 0.6 is 0 Å². The fourth-order valence-electron chi connectivity index (χ4n) is 8.60. The number of ether oxygens (including phenoxy) is 2. The number of allylic oxidation sites excluding steroid dienone is 1. The van der Waals surface area contributed by atoms with Gasteiger partial charge in [0.05, 0.1) is 30.7 Å². The smallest absolute Gasteiger partial charge is 0.313 e. The molecule has 2 saturated heterocycles. The van der Waals surface area contributed by atoms with Gasteiger partial charge in [0.15, 0.2) is 0 Å². The summed E-state index contributed by atoms with van der Waals surface area (Å²) in [6, 6.07) is 21.5. The fraction of sp³-hybridized carbons (Fsp3) is 0.381. The molecular formula is C42H45N3O7. The van der Waals surface area contributed by atoms with Crippen molar-refractivity contribution in [3.05, 3.63) is 125 Å². The van der Waals surface area contributed by atoms with Crippen molar-refractivity contribution < 1.29 is 33.8 Å². The zero-order chi connectivity index (χ0) is 36.7. The van der Waals surface area contributed by atoms with Gasteiger partial charge in [0, 0.05) is 25.7 Å². The lowest BCUT2D eigenvalue weighted by molar-refractivity contribution is -0.164. The van der Waals surface area contributed by atoms with Gasteiger partial charge in [-0.3, -0.25) is 19.2 Å². The van der Waals surface area contributed by atoms with E-state index in [9.17, 15) is 14.7 Å². The molecule has 4 aliphatic rings. The summed E-state index contributed by atoms with van der Waals surface area (Å²) in [5.74, 6) is -3.81. The third-order valence-electron chi connectivity index (χ3n) is 11.3. The van der Waals surface area contributed by atoms with Crippen LogP contribution in [-0.4, -0.2) is 82.6 Å². The van der Waals surface area contributed by atoms with Gasteiger partial charge in [0.1, 0.15) is 23.7 Å². The molecule has 1 N–H and O–H groups in total. The minimum absolute atomic E-state index is 0.118. The van der Waals surface area contributed by atoms with Crippen molar-refractivity contribution in [3.63, 3.8) is 0 Å². The lowest BCUT2D eigenvalue weighted by Gasteiger charge is -2.39. The Balaban J connectivity index is 1.40. The molecule has 0 radical (unpaired) electrons. The van der Waals surface area contributed by atoms with Crippen molar-refractivity contribution in [3.8, 4) is 0 Å². The topological polar surface area (TPSA) is 117 Å². The molecule has 10 nitrogen and oxygen atoms in total. The van der Waals surface area contributed by atoms with E-state index in [1.807, 2.05) is 112 Å². The zero-order valence-electron chi connectivity index (χ0n) is 29.9. The number of hydrogen-bond donors (Lipinski definition) is 1. The van der Waals surface area contributed by atoms with E-state index in [0.29, 0.717) is 23.2 Å². The molecule has 3 amide bonds. The SMILES string of the molecule is Cc1cccc(C)c1N1C/C=C\CCC(=O)N(C)[C@H](C)[C@@H](c2ccccc2)OC(=O)[C@@H]2[C@@H]3C=C[C@]4(O3)[C@H](C1=O)N([C@H](CO)c1ccccc1)C(=O)[C@@H]24. The Morgan fingerprint density at radius 2 is 1.56 bits per heavy atom. The normalized spacial score (nSPS) is 30.4. The predicted molar refractivity (Wildman–Crippen MR) is 195 cm³/mol. The average Bonchev–Trinajstić information content (AvgIpc) is 3.80. The highest BCUT2D eigenvalue weighted by Crippen LogP contribution is 2.57. The molecule has 0 aliphatic carbocycles. The molecule has 2 fully saturated rings. The van der Waals surface area contributed by atoms with Crippen LogP contribution in [0.2, 0.25) is 0 Å². The summed E-state index contributed by atoms with van der Waals surface area (Å²) >= 11 is 0. The van der Waals surface area contributed by atoms with Crippen LogP contribution in [0.25, 0.3) is 0 Å². The van der Waals surface area contributed by atoms with E-state index >= 15 is 9.59 Å². The van der Waals surface area contributed by atoms with Crippen LogP contribution in [0, 0.1) is 25.7 Å². The Hall–Kier alpha value is -5.06. The second kappa shape index (κ2) is 14.2. The third kappa shape index (κ3) is 5.84. The number of amides is 3. The predicted octanol–water partition coefficient (Wildman–Crippen LogP) is 5.00. The van der Waals surface area contributed by atoms with Gasteiger partial charge in [-0.05, 0) is 49.4 Å². The number of benzene rings is 3. The first-order valence-corrected chi connectivity index (χ1v) is 18.0. The number of likely N-dealkylation sites (tertiary alicyclic amines) is 1. The Morgan fingerprint density at radius 3 is 2.23 bits per heavy atom. The Kier molecular flexibility index (Phi) is 9.63. The second-order valence-electron chi connectivity index (χ2n) is 14.3. The number of likely N-dealkylation sites (N-methyl/N-ethyl adjacent to an activating group) is 1. The highest BCUT2D eigenvalue weighted by atomic mass is 16.6. The summed E-state index contributed by atoms with van der Waals surface area (Å²) in [5, 5.41) is 11.0. The lowest BCUT2D eigenvalue weighted by atomic mass is 9.74. The molecule has 52 heavy (non-hydrogen) atoms. The first-order chi connectivity index (χ1) is 25.1. The molecule has 3 aromatic carbocycles. The number of nitrogens with zero attached hydrogens (tertiary/aromatic N) is 3. The van der Waals surface area contributed by atoms with Crippen LogP contribution < -0.4 is 4.90 Å². The zero-order valence-corrected chi connectivity index (χ0v) is 29.9. The average molecular weight is 704 g/mol. The molecule has 270 valence electrons. The molecule has 0 unspecified atom stereocenters. The molecular weight excluding hydrogens is 658 g/mol. The summed E-state index contributed by atoms with van der Waals surface area (Å²) in [6.45, 7) is 5.42. The van der Waals surface area contributed by atoms with Gasteiger partial charge in [0.25, 0.3) is 5.91 Å². The van der Waals surface area contributed by atoms with Gasteiger partial charge in [-0.2, -0.15) is 0 Å². The molecule has 3 aromatic rings. The number of aryl methyl sites for hydroxylation is 2. The summed E-state index contributed by atoms with van der Waals surface area (Å²) in [4.78, 5) is 63.2. The number of esters is 1. The van der Waals surface area contributed by atoms with Crippen molar-refractivity contribution >= 4 is 29.4 Å². The van der Waals surface area contributed by atoms with Gasteiger partial charge in [-0.15, -0.1) is 0 Å². The quantitative estimate of drug-likeness (QED) is 0.294. The molecule has 0 aromatic heterocycles. The van der Waals surface area contributed by atoms with Crippen LogP contribution in [0.3, 0.4) is 0 Å². The van der Waals surface area contributed by atoms with Crippen LogP contribution in [0.1, 0.15) is 54.2 Å². The van der Waals surface area contributed by atoms with E-state index in [1.54, 1.807) is 29.0 Å². The first kappa shape index (κ1) is 35.3. The van der Waals surface area contributed by atoms with Crippen molar-refractivity contribution in [2.45, 2.75) is 69.5 Å². The van der Waals surface area contributed by atoms with Gasteiger partial charge in [0.2, 0.25) is 11.8 Å². The van der Waals surface area contributed by atoms with Gasteiger partial charge in [-0.1, -0.05) is 103 Å². The maximum absolute atomic E-state index is 15.4. The summed E-state index contributed by atoms with van der Waals surface area (Å²) in [5.41, 5.74) is 2.28. The highest BCUT2D eigenvalue weighted by Gasteiger charge is 2.74. The largest absolute Gasteiger partial charge is 0.455 e. The van der Waals surface area contributed by atoms with E-state index in [0.717, 1.165) is 11.1 Å². The molecule has 4 aliphatic heterocycles. The van der Waals surface area contributed by atoms with Crippen molar-refractivity contribution in [1.82, 2.24) is 9.80 Å². The van der Waals surface area contributed by atoms with E-state index in [-0.39, 0.29) is 18.9 Å². The highest BCUT2D eigenvalue weighted by molar-refractivity contribution is 6.06. The monoisotopic (exact) mass is 703 g/mol. The number of aliphatic hydroxyl groups is 1. The number of carbonyl (C=O) groups excluding carboxylic acids is 4. The second-order valence-corrected chi connectivity index (χ2v) is 14.3. The molecule has 1 spiro atoms. The number of anilines is 1. The number of aliphatic hydroxyl groups excluding tert-OH is 1. The van der Waals surface area contributed by atoms with Crippen LogP contribution in [0.15, 0.2) is 103 Å². The lowest BCUT2D eigenvalue weighted by Crippen LogP contribution is -2.57. The number of para-hydroxylation sites is 1. The van der Waals surface area contributed by atoms with Crippen molar-refractivity contribution in [2.24, 2.45) is 11.8 Å². The van der Waals surface area contributed by atoms with Crippen molar-refractivity contribution in [2.75, 3.05) is 25.1 Å². The van der Waals surface area contributed by atoms with E-state index in [2.05, 4.69) is 0 Å². The van der Waals surface area contributed by atoms with Crippen LogP contribution in [0.5, 0.6) is 0 Å². The van der Waals surface area contributed by atoms with Crippen LogP contribution in [0.4, 0.5) is 5.69 Å². The number of cyclic esters (lactones) is 1. The molecule has 8 atom stereocenters. The van der Waals surface area contributed by atoms with Gasteiger partial charge in [-0.25, -0.2) is 0 Å². The standard InChI is InChI=1S/C42H45N3O7/c1-26-15-14-16-27(2)36(26)44-24-13-7-12-21-33(47)43(4)28(3)37(30-19-10-6-11-20-30)51-41(50)34-32-22-23-42(52-32)35(34)39(48)45(38(42)40(44)49)31(25-46)29-17-8-5-9-18-29/h5-11,13-20,22-23,28,31-32,34-35,37-38,46H,12,21,24-25H2,1-4H3/b13-7-/t28-,31-,32+,34-,35-,37+,38+,42-/m1/s1. The molecule has 7 rings (SSSR count). The Labute approximate surface area is 304 Å². The summed E-state index contributed by atoms with van der Waals surface area (Å²) in [6.07, 6.45) is 6.28. The Bertz CT molecular complexity index is 1890. The maximum Gasteiger partial charge on any atom is 0.313 e. The van der Waals surface area contributed by atoms with E-state index in [1.165, 1.54) is 4.90 Å². The summed E-state index contributed by atoms with van der Waals surface area (Å²) in [7, 11) is 1.70. The van der Waals surface area contributed by atoms with Gasteiger partial charge < -0.3 is 29.3 Å². The molecule has 0 saturated carbocycles. The van der Waals surface area contributed by atoms with Crippen LogP contribution in [-0.2, 0) is 28.7 Å². The number of hydrogen-bond acceptors (Lipinski definition) is 7. The fourth-order valence-corrected chi connectivity index (χ4v) is 8.60. The maximum atomic E-state index is 15.4. The first-order valence-electron chi connectivity index (χ1n) is 18.0. The summed E-state index contributed by atoms with van der Waals surface area (Å²) < 4.78 is 13.0. The number of carbonyl (C=O) groups is 4. The molecule has 5 bridgehead atoms. The van der Waals surface area contributed by atoms with Crippen molar-refractivity contribution in [1.29, 1.82) is 0 Å². The van der Waals surface area contributed by atoms with E-state index in [4.69, 9.17) is 9.47 Å². The minimum Gasteiger partial charge on any atom is -0.455 e. The van der Waals surface area contributed by atoms with E-state index < -0.39 is 72.2 Å². The Morgan fingerprint density at radius 1 is 0.885 bits per heavy atom. The number of fused-ring (bicyclic) bond motifs is 2. The minimum atomic E-state index is -1.50. The molecule has 10 heteroatoms. The molecule has 4 heterocycles.